The molecule has 0 aliphatic carbocycles. The number of aromatic nitrogens is 1. The number of carboxylic acids is 1. The lowest BCUT2D eigenvalue weighted by Gasteiger charge is -2.20. The van der Waals surface area contributed by atoms with Gasteiger partial charge in [0.05, 0.1) is 5.56 Å². The van der Waals surface area contributed by atoms with E-state index in [1.807, 2.05) is 32.5 Å². The van der Waals surface area contributed by atoms with Gasteiger partial charge >= 0.3 is 5.97 Å². The van der Waals surface area contributed by atoms with Crippen LogP contribution in [0.5, 0.6) is 0 Å². The van der Waals surface area contributed by atoms with E-state index < -0.39 is 5.97 Å². The molecule has 20 heavy (non-hydrogen) atoms. The van der Waals surface area contributed by atoms with Crippen LogP contribution < -0.4 is 5.32 Å². The lowest BCUT2D eigenvalue weighted by atomic mass is 9.91. The summed E-state index contributed by atoms with van der Waals surface area (Å²) in [7, 11) is 0. The fourth-order valence-electron chi connectivity index (χ4n) is 1.65. The Hall–Kier alpha value is -1.23. The highest BCUT2D eigenvalue weighted by molar-refractivity contribution is 7.99. The maximum absolute atomic E-state index is 11.2. The first-order valence-electron chi connectivity index (χ1n) is 6.76. The maximum atomic E-state index is 11.2. The Kier molecular flexibility index (Phi) is 5.87. The van der Waals surface area contributed by atoms with Crippen LogP contribution >= 0.6 is 11.8 Å². The Morgan fingerprint density at radius 2 is 2.10 bits per heavy atom. The van der Waals surface area contributed by atoms with E-state index in [9.17, 15) is 9.90 Å². The number of nitrogens with one attached hydrogen (secondary N) is 1. The summed E-state index contributed by atoms with van der Waals surface area (Å²) in [5.74, 6) is -0.276. The molecule has 0 fully saturated rings. The van der Waals surface area contributed by atoms with Crippen LogP contribution in [0.2, 0.25) is 0 Å². The molecule has 1 rings (SSSR count). The first-order valence-corrected chi connectivity index (χ1v) is 8.05. The number of carbonyl (C=O) groups is 1. The van der Waals surface area contributed by atoms with Gasteiger partial charge in [0, 0.05) is 22.9 Å². The van der Waals surface area contributed by atoms with Crippen molar-refractivity contribution in [3.8, 4) is 0 Å². The summed E-state index contributed by atoms with van der Waals surface area (Å²) in [6, 6.07) is 3.25. The van der Waals surface area contributed by atoms with Crippen molar-refractivity contribution in [1.82, 2.24) is 4.98 Å². The van der Waals surface area contributed by atoms with E-state index in [2.05, 4.69) is 23.5 Å². The molecular formula is C15H24N2O2S. The van der Waals surface area contributed by atoms with Gasteiger partial charge in [-0.2, -0.15) is 11.8 Å². The van der Waals surface area contributed by atoms with Gasteiger partial charge in [0.25, 0.3) is 0 Å². The molecule has 0 aliphatic heterocycles. The average Bonchev–Trinajstić information content (AvgIpc) is 2.37. The number of hydrogen-bond donors (Lipinski definition) is 2. The third-order valence-electron chi connectivity index (χ3n) is 3.10. The van der Waals surface area contributed by atoms with E-state index >= 15 is 0 Å². The SMILES string of the molecule is CSC(C)CCNc1cc(C(=O)O)cc(C(C)(C)C)n1. The second kappa shape index (κ2) is 6.97. The van der Waals surface area contributed by atoms with Gasteiger partial charge in [-0.3, -0.25) is 0 Å². The van der Waals surface area contributed by atoms with Gasteiger partial charge in [0.2, 0.25) is 0 Å². The minimum atomic E-state index is -0.918. The van der Waals surface area contributed by atoms with Gasteiger partial charge in [-0.1, -0.05) is 27.7 Å². The minimum absolute atomic E-state index is 0.172. The highest BCUT2D eigenvalue weighted by Crippen LogP contribution is 2.23. The van der Waals surface area contributed by atoms with E-state index in [0.29, 0.717) is 11.1 Å². The molecule has 5 heteroatoms. The van der Waals surface area contributed by atoms with Crippen LogP contribution in [-0.4, -0.2) is 34.1 Å². The molecule has 4 nitrogen and oxygen atoms in total. The molecule has 0 amide bonds. The number of aromatic carboxylic acids is 1. The molecule has 2 N–H and O–H groups in total. The molecule has 1 heterocycles. The molecular weight excluding hydrogens is 272 g/mol. The van der Waals surface area contributed by atoms with E-state index in [-0.39, 0.29) is 11.0 Å². The number of thioether (sulfide) groups is 1. The Labute approximate surface area is 125 Å². The fourth-order valence-corrected chi connectivity index (χ4v) is 2.00. The van der Waals surface area contributed by atoms with Crippen LogP contribution in [0, 0.1) is 0 Å². The van der Waals surface area contributed by atoms with Crippen molar-refractivity contribution in [2.45, 2.75) is 44.8 Å². The maximum Gasteiger partial charge on any atom is 0.335 e. The highest BCUT2D eigenvalue weighted by Gasteiger charge is 2.19. The third-order valence-corrected chi connectivity index (χ3v) is 4.14. The standard InChI is InChI=1S/C15H24N2O2S/c1-10(20-5)6-7-16-13-9-11(14(18)19)8-12(17-13)15(2,3)4/h8-10H,6-7H2,1-5H3,(H,16,17)(H,18,19). The summed E-state index contributed by atoms with van der Waals surface area (Å²) >= 11 is 1.82. The van der Waals surface area contributed by atoms with Crippen molar-refractivity contribution in [2.24, 2.45) is 0 Å². The van der Waals surface area contributed by atoms with Crippen molar-refractivity contribution in [3.63, 3.8) is 0 Å². The number of pyridine rings is 1. The molecule has 0 spiro atoms. The Morgan fingerprint density at radius 1 is 1.45 bits per heavy atom. The summed E-state index contributed by atoms with van der Waals surface area (Å²) in [6.07, 6.45) is 3.11. The molecule has 0 bridgehead atoms. The van der Waals surface area contributed by atoms with Crippen molar-refractivity contribution in [2.75, 3.05) is 18.1 Å². The number of rotatable bonds is 6. The second-order valence-electron chi connectivity index (χ2n) is 5.94. The summed E-state index contributed by atoms with van der Waals surface area (Å²) < 4.78 is 0. The molecule has 112 valence electrons. The van der Waals surface area contributed by atoms with E-state index in [4.69, 9.17) is 0 Å². The predicted octanol–water partition coefficient (Wildman–Crippen LogP) is 3.63. The molecule has 1 atom stereocenters. The lowest BCUT2D eigenvalue weighted by Crippen LogP contribution is -2.17. The van der Waals surface area contributed by atoms with Crippen LogP contribution in [0.3, 0.4) is 0 Å². The zero-order chi connectivity index (χ0) is 15.3. The predicted molar refractivity (Wildman–Crippen MR) is 86.0 cm³/mol. The lowest BCUT2D eigenvalue weighted by molar-refractivity contribution is 0.0696. The van der Waals surface area contributed by atoms with Gasteiger partial charge in [-0.05, 0) is 24.8 Å². The Bertz CT molecular complexity index is 469. The number of carboxylic acid groups (broad SMARTS) is 1. The third kappa shape index (κ3) is 5.04. The summed E-state index contributed by atoms with van der Waals surface area (Å²) in [6.45, 7) is 9.05. The van der Waals surface area contributed by atoms with Crippen LogP contribution in [0.25, 0.3) is 0 Å². The van der Waals surface area contributed by atoms with Gasteiger partial charge in [-0.25, -0.2) is 9.78 Å². The van der Waals surface area contributed by atoms with Crippen molar-refractivity contribution < 1.29 is 9.90 Å². The van der Waals surface area contributed by atoms with Crippen LogP contribution in [0.15, 0.2) is 12.1 Å². The van der Waals surface area contributed by atoms with Crippen LogP contribution in [-0.2, 0) is 5.41 Å². The van der Waals surface area contributed by atoms with Crippen LogP contribution in [0.4, 0.5) is 5.82 Å². The summed E-state index contributed by atoms with van der Waals surface area (Å²) in [5, 5.41) is 13.0. The quantitative estimate of drug-likeness (QED) is 0.839. The zero-order valence-corrected chi connectivity index (χ0v) is 13.7. The van der Waals surface area contributed by atoms with Gasteiger partial charge in [0.1, 0.15) is 5.82 Å². The Morgan fingerprint density at radius 3 is 2.60 bits per heavy atom. The average molecular weight is 296 g/mol. The first kappa shape index (κ1) is 16.8. The van der Waals surface area contributed by atoms with Crippen molar-refractivity contribution in [3.05, 3.63) is 23.4 Å². The monoisotopic (exact) mass is 296 g/mol. The topological polar surface area (TPSA) is 62.2 Å². The smallest absolute Gasteiger partial charge is 0.335 e. The molecule has 1 aromatic heterocycles. The minimum Gasteiger partial charge on any atom is -0.478 e. The first-order chi connectivity index (χ1) is 9.24. The van der Waals surface area contributed by atoms with Gasteiger partial charge in [0.15, 0.2) is 0 Å². The van der Waals surface area contributed by atoms with Gasteiger partial charge in [-0.15, -0.1) is 0 Å². The van der Waals surface area contributed by atoms with E-state index in [1.54, 1.807) is 12.1 Å². The van der Waals surface area contributed by atoms with E-state index in [1.165, 1.54) is 0 Å². The molecule has 0 aromatic carbocycles. The second-order valence-corrected chi connectivity index (χ2v) is 7.22. The molecule has 1 unspecified atom stereocenters. The summed E-state index contributed by atoms with van der Waals surface area (Å²) in [5.41, 5.74) is 0.900. The van der Waals surface area contributed by atoms with Gasteiger partial charge < -0.3 is 10.4 Å². The fraction of sp³-hybridized carbons (Fsp3) is 0.600. The molecule has 0 radical (unpaired) electrons. The van der Waals surface area contributed by atoms with Crippen molar-refractivity contribution >= 4 is 23.5 Å². The normalized spacial score (nSPS) is 13.1. The Balaban J connectivity index is 2.90. The van der Waals surface area contributed by atoms with Crippen molar-refractivity contribution in [1.29, 1.82) is 0 Å². The van der Waals surface area contributed by atoms with Crippen LogP contribution in [0.1, 0.15) is 50.2 Å². The largest absolute Gasteiger partial charge is 0.478 e. The zero-order valence-electron chi connectivity index (χ0n) is 12.9. The number of anilines is 1. The summed E-state index contributed by atoms with van der Waals surface area (Å²) in [4.78, 5) is 15.7. The number of hydrogen-bond acceptors (Lipinski definition) is 4. The number of nitrogens with zero attached hydrogens (tertiary/aromatic N) is 1. The highest BCUT2D eigenvalue weighted by atomic mass is 32.2. The van der Waals surface area contributed by atoms with E-state index in [0.717, 1.165) is 18.7 Å². The molecule has 1 aromatic rings. The molecule has 0 aliphatic rings. The molecule has 0 saturated heterocycles. The molecule has 0 saturated carbocycles.